The summed E-state index contributed by atoms with van der Waals surface area (Å²) in [5, 5.41) is -0.204. The highest BCUT2D eigenvalue weighted by Gasteiger charge is 2.45. The molecule has 0 bridgehead atoms. The molecule has 1 heterocycles. The van der Waals surface area contributed by atoms with Crippen molar-refractivity contribution in [3.63, 3.8) is 0 Å². The normalized spacial score (nSPS) is 17.9. The van der Waals surface area contributed by atoms with Crippen LogP contribution in [0.15, 0.2) is 21.6 Å². The first-order valence-corrected chi connectivity index (χ1v) is 7.43. The molecule has 1 fully saturated rings. The quantitative estimate of drug-likeness (QED) is 0.800. The van der Waals surface area contributed by atoms with E-state index < -0.39 is 10.0 Å². The summed E-state index contributed by atoms with van der Waals surface area (Å²) < 4.78 is 31.4. The maximum Gasteiger partial charge on any atom is 0.273 e. The van der Waals surface area contributed by atoms with Crippen LogP contribution in [-0.4, -0.2) is 21.2 Å². The average molecular weight is 271 g/mol. The summed E-state index contributed by atoms with van der Waals surface area (Å²) in [5.41, 5.74) is 0.0904. The molecule has 1 aromatic heterocycles. The van der Waals surface area contributed by atoms with E-state index in [2.05, 4.69) is 18.6 Å². The lowest BCUT2D eigenvalue weighted by Crippen LogP contribution is -2.32. The van der Waals surface area contributed by atoms with Crippen molar-refractivity contribution >= 4 is 16.3 Å². The second kappa shape index (κ2) is 4.51. The van der Waals surface area contributed by atoms with Gasteiger partial charge in [0.05, 0.1) is 0 Å². The Morgan fingerprint density at radius 1 is 1.44 bits per heavy atom. The van der Waals surface area contributed by atoms with Crippen molar-refractivity contribution in [1.29, 1.82) is 0 Å². The maximum atomic E-state index is 11.9. The number of hydrogen-bond acceptors (Lipinski definition) is 4. The largest absolute Gasteiger partial charge is 0.440 e. The molecule has 0 amide bonds. The minimum absolute atomic E-state index is 0.0142. The van der Waals surface area contributed by atoms with E-state index in [1.807, 2.05) is 0 Å². The van der Waals surface area contributed by atoms with Gasteiger partial charge in [-0.2, -0.15) is 0 Å². The van der Waals surface area contributed by atoms with Gasteiger partial charge >= 0.3 is 0 Å². The van der Waals surface area contributed by atoms with Crippen LogP contribution in [0, 0.1) is 11.3 Å². The van der Waals surface area contributed by atoms with Crippen molar-refractivity contribution in [3.8, 4) is 0 Å². The molecule has 0 saturated heterocycles. The fraction of sp³-hybridized carbons (Fsp3) is 0.583. The SMILES string of the molecule is CC(C)C1(CNS(=O)(=O)c2ccc(C=O)o2)CC1. The van der Waals surface area contributed by atoms with Gasteiger partial charge in [-0.1, -0.05) is 13.8 Å². The molecular formula is C12H17NO4S. The Morgan fingerprint density at radius 2 is 2.11 bits per heavy atom. The monoisotopic (exact) mass is 271 g/mol. The molecule has 2 rings (SSSR count). The number of carbonyl (C=O) groups is 1. The zero-order chi connectivity index (χ0) is 13.4. The summed E-state index contributed by atoms with van der Waals surface area (Å²) in [4.78, 5) is 10.5. The molecule has 1 aromatic rings. The standard InChI is InChI=1S/C12H17NO4S/c1-9(2)12(5-6-12)8-13-18(15,16)11-4-3-10(7-14)17-11/h3-4,7,9,13H,5-6,8H2,1-2H3. The average Bonchev–Trinajstić information content (AvgIpc) is 2.96. The fourth-order valence-electron chi connectivity index (χ4n) is 1.97. The van der Waals surface area contributed by atoms with Gasteiger partial charge in [-0.15, -0.1) is 0 Å². The maximum absolute atomic E-state index is 11.9. The van der Waals surface area contributed by atoms with E-state index in [0.29, 0.717) is 18.7 Å². The topological polar surface area (TPSA) is 76.4 Å². The van der Waals surface area contributed by atoms with E-state index in [1.165, 1.54) is 12.1 Å². The summed E-state index contributed by atoms with van der Waals surface area (Å²) in [6.45, 7) is 4.61. The van der Waals surface area contributed by atoms with Gasteiger partial charge in [0.1, 0.15) is 0 Å². The van der Waals surface area contributed by atoms with Gasteiger partial charge in [0, 0.05) is 6.54 Å². The van der Waals surface area contributed by atoms with Gasteiger partial charge < -0.3 is 4.42 Å². The molecule has 0 aromatic carbocycles. The molecule has 0 aliphatic heterocycles. The Hall–Kier alpha value is -1.14. The minimum atomic E-state index is -3.65. The Bertz CT molecular complexity index is 540. The van der Waals surface area contributed by atoms with Gasteiger partial charge in [-0.3, -0.25) is 4.79 Å². The Morgan fingerprint density at radius 3 is 2.56 bits per heavy atom. The molecule has 100 valence electrons. The predicted molar refractivity (Wildman–Crippen MR) is 65.8 cm³/mol. The van der Waals surface area contributed by atoms with Crippen LogP contribution in [0.2, 0.25) is 0 Å². The third kappa shape index (κ3) is 2.49. The van der Waals surface area contributed by atoms with Crippen molar-refractivity contribution in [2.45, 2.75) is 31.8 Å². The van der Waals surface area contributed by atoms with Crippen LogP contribution in [0.1, 0.15) is 37.2 Å². The van der Waals surface area contributed by atoms with Crippen LogP contribution in [0.5, 0.6) is 0 Å². The summed E-state index contributed by atoms with van der Waals surface area (Å²) >= 11 is 0. The molecule has 6 heteroatoms. The lowest BCUT2D eigenvalue weighted by Gasteiger charge is -2.19. The van der Waals surface area contributed by atoms with Gasteiger partial charge in [0.2, 0.25) is 5.09 Å². The smallest absolute Gasteiger partial charge is 0.273 e. The van der Waals surface area contributed by atoms with E-state index in [-0.39, 0.29) is 16.3 Å². The van der Waals surface area contributed by atoms with Crippen LogP contribution in [0.4, 0.5) is 0 Å². The molecular weight excluding hydrogens is 254 g/mol. The first-order valence-electron chi connectivity index (χ1n) is 5.94. The Balaban J connectivity index is 2.06. The molecule has 0 spiro atoms. The zero-order valence-corrected chi connectivity index (χ0v) is 11.3. The fourth-order valence-corrected chi connectivity index (χ4v) is 3.04. The highest BCUT2D eigenvalue weighted by atomic mass is 32.2. The highest BCUT2D eigenvalue weighted by molar-refractivity contribution is 7.89. The van der Waals surface area contributed by atoms with E-state index in [4.69, 9.17) is 4.42 Å². The molecule has 5 nitrogen and oxygen atoms in total. The van der Waals surface area contributed by atoms with Crippen molar-refractivity contribution < 1.29 is 17.6 Å². The Labute approximate surface area is 107 Å². The van der Waals surface area contributed by atoms with Crippen LogP contribution in [0.25, 0.3) is 0 Å². The van der Waals surface area contributed by atoms with E-state index in [9.17, 15) is 13.2 Å². The van der Waals surface area contributed by atoms with Crippen LogP contribution in [0.3, 0.4) is 0 Å². The second-order valence-electron chi connectivity index (χ2n) is 5.12. The van der Waals surface area contributed by atoms with E-state index in [1.54, 1.807) is 0 Å². The number of carbonyl (C=O) groups excluding carboxylic acids is 1. The van der Waals surface area contributed by atoms with E-state index in [0.717, 1.165) is 12.8 Å². The lowest BCUT2D eigenvalue weighted by atomic mass is 9.93. The van der Waals surface area contributed by atoms with Crippen LogP contribution >= 0.6 is 0 Å². The lowest BCUT2D eigenvalue weighted by molar-refractivity contribution is 0.109. The number of aldehydes is 1. The molecule has 1 aliphatic rings. The third-order valence-electron chi connectivity index (χ3n) is 3.71. The molecule has 1 saturated carbocycles. The van der Waals surface area contributed by atoms with Crippen molar-refractivity contribution in [3.05, 3.63) is 17.9 Å². The summed E-state index contributed by atoms with van der Waals surface area (Å²) in [6, 6.07) is 2.64. The van der Waals surface area contributed by atoms with Crippen molar-refractivity contribution in [2.75, 3.05) is 6.54 Å². The van der Waals surface area contributed by atoms with Gasteiger partial charge in [0.25, 0.3) is 10.0 Å². The van der Waals surface area contributed by atoms with Gasteiger partial charge in [-0.25, -0.2) is 13.1 Å². The first kappa shape index (κ1) is 13.3. The molecule has 1 aliphatic carbocycles. The number of hydrogen-bond donors (Lipinski definition) is 1. The molecule has 0 atom stereocenters. The van der Waals surface area contributed by atoms with Crippen molar-refractivity contribution in [2.24, 2.45) is 11.3 Å². The number of sulfonamides is 1. The minimum Gasteiger partial charge on any atom is -0.440 e. The number of furan rings is 1. The first-order chi connectivity index (χ1) is 8.39. The van der Waals surface area contributed by atoms with Crippen LogP contribution in [-0.2, 0) is 10.0 Å². The molecule has 1 N–H and O–H groups in total. The van der Waals surface area contributed by atoms with Crippen molar-refractivity contribution in [1.82, 2.24) is 4.72 Å². The highest BCUT2D eigenvalue weighted by Crippen LogP contribution is 2.51. The summed E-state index contributed by atoms with van der Waals surface area (Å²) in [6.07, 6.45) is 2.57. The van der Waals surface area contributed by atoms with Crippen LogP contribution < -0.4 is 4.72 Å². The Kier molecular flexibility index (Phi) is 3.33. The van der Waals surface area contributed by atoms with Gasteiger partial charge in [-0.05, 0) is 36.3 Å². The number of rotatable bonds is 6. The molecule has 0 unspecified atom stereocenters. The molecule has 0 radical (unpaired) electrons. The zero-order valence-electron chi connectivity index (χ0n) is 10.5. The predicted octanol–water partition coefficient (Wildman–Crippen LogP) is 1.81. The van der Waals surface area contributed by atoms with Gasteiger partial charge in [0.15, 0.2) is 12.0 Å². The molecule has 18 heavy (non-hydrogen) atoms. The van der Waals surface area contributed by atoms with E-state index >= 15 is 0 Å². The summed E-state index contributed by atoms with van der Waals surface area (Å²) in [7, 11) is -3.65. The second-order valence-corrected chi connectivity index (χ2v) is 6.81. The third-order valence-corrected chi connectivity index (χ3v) is 4.99. The number of nitrogens with one attached hydrogen (secondary N) is 1. The summed E-state index contributed by atoms with van der Waals surface area (Å²) in [5.74, 6) is 0.461.